The molecule has 0 fully saturated rings. The zero-order valence-electron chi connectivity index (χ0n) is 15.8. The Balaban J connectivity index is 1.51. The Morgan fingerprint density at radius 1 is 1.25 bits per heavy atom. The van der Waals surface area contributed by atoms with Crippen molar-refractivity contribution in [3.8, 4) is 0 Å². The Labute approximate surface area is 160 Å². The monoisotopic (exact) mass is 382 g/mol. The minimum Gasteiger partial charge on any atom is -0.353 e. The van der Waals surface area contributed by atoms with Crippen molar-refractivity contribution in [1.29, 1.82) is 0 Å². The molecule has 0 saturated heterocycles. The van der Waals surface area contributed by atoms with Gasteiger partial charge in [-0.2, -0.15) is 0 Å². The average molecular weight is 382 g/mol. The largest absolute Gasteiger partial charge is 0.353 e. The first-order valence-electron chi connectivity index (χ1n) is 9.16. The molecule has 1 amide bonds. The van der Waals surface area contributed by atoms with Gasteiger partial charge in [-0.1, -0.05) is 24.3 Å². The highest BCUT2D eigenvalue weighted by molar-refractivity contribution is 5.78. The molecule has 0 bridgehead atoms. The van der Waals surface area contributed by atoms with Gasteiger partial charge in [-0.15, -0.1) is 0 Å². The third kappa shape index (κ3) is 3.03. The molecule has 2 N–H and O–H groups in total. The van der Waals surface area contributed by atoms with Crippen molar-refractivity contribution in [1.82, 2.24) is 29.3 Å². The van der Waals surface area contributed by atoms with Gasteiger partial charge in [-0.3, -0.25) is 18.7 Å². The molecule has 2 aromatic heterocycles. The number of hydrogen-bond acceptors (Lipinski definition) is 5. The topological polar surface area (TPSA) is 103 Å². The summed E-state index contributed by atoms with van der Waals surface area (Å²) in [5, 5.41) is 6.35. The molecule has 1 aromatic carbocycles. The molecule has 4 rings (SSSR count). The number of carbonyl (C=O) groups is 1. The van der Waals surface area contributed by atoms with Gasteiger partial charge < -0.3 is 15.2 Å². The second-order valence-electron chi connectivity index (χ2n) is 7.01. The summed E-state index contributed by atoms with van der Waals surface area (Å²) in [5.74, 6) is -0.222. The molecule has 1 atom stereocenters. The Kier molecular flexibility index (Phi) is 4.60. The molecule has 3 aromatic rings. The van der Waals surface area contributed by atoms with E-state index in [1.807, 2.05) is 12.1 Å². The van der Waals surface area contributed by atoms with Gasteiger partial charge in [-0.25, -0.2) is 9.78 Å². The molecular formula is C19H22N6O3. The van der Waals surface area contributed by atoms with Gasteiger partial charge in [0.1, 0.15) is 6.54 Å². The smallest absolute Gasteiger partial charge is 0.332 e. The van der Waals surface area contributed by atoms with Crippen molar-refractivity contribution in [3.05, 3.63) is 62.6 Å². The van der Waals surface area contributed by atoms with Crippen molar-refractivity contribution in [2.45, 2.75) is 19.0 Å². The van der Waals surface area contributed by atoms with Crippen LogP contribution in [0.5, 0.6) is 0 Å². The van der Waals surface area contributed by atoms with Crippen molar-refractivity contribution in [2.75, 3.05) is 13.1 Å². The van der Waals surface area contributed by atoms with Crippen molar-refractivity contribution in [2.24, 2.45) is 14.1 Å². The average Bonchev–Trinajstić information content (AvgIpc) is 3.12. The van der Waals surface area contributed by atoms with Crippen LogP contribution in [0.2, 0.25) is 0 Å². The zero-order chi connectivity index (χ0) is 19.8. The fourth-order valence-electron chi connectivity index (χ4n) is 3.72. The second-order valence-corrected chi connectivity index (χ2v) is 7.01. The summed E-state index contributed by atoms with van der Waals surface area (Å²) in [6, 6.07) is 8.27. The Morgan fingerprint density at radius 3 is 2.86 bits per heavy atom. The first-order chi connectivity index (χ1) is 13.5. The summed E-state index contributed by atoms with van der Waals surface area (Å²) >= 11 is 0. The third-order valence-electron chi connectivity index (χ3n) is 5.25. The van der Waals surface area contributed by atoms with E-state index >= 15 is 0 Å². The number of hydrogen-bond donors (Lipinski definition) is 2. The minimum absolute atomic E-state index is 0.0433. The number of imidazole rings is 1. The van der Waals surface area contributed by atoms with Crippen LogP contribution in [0.4, 0.5) is 0 Å². The Bertz CT molecular complexity index is 1170. The van der Waals surface area contributed by atoms with Gasteiger partial charge in [0.15, 0.2) is 11.2 Å². The second kappa shape index (κ2) is 7.08. The maximum absolute atomic E-state index is 12.5. The molecule has 9 heteroatoms. The molecule has 0 radical (unpaired) electrons. The Hall–Kier alpha value is -3.20. The first kappa shape index (κ1) is 18.2. The number of carbonyl (C=O) groups excluding carboxylic acids is 1. The van der Waals surface area contributed by atoms with Crippen LogP contribution in [0.25, 0.3) is 11.2 Å². The maximum atomic E-state index is 12.5. The van der Waals surface area contributed by atoms with Gasteiger partial charge >= 0.3 is 5.69 Å². The molecule has 9 nitrogen and oxygen atoms in total. The molecule has 0 saturated carbocycles. The molecule has 1 unspecified atom stereocenters. The summed E-state index contributed by atoms with van der Waals surface area (Å²) in [5.41, 5.74) is 2.08. The van der Waals surface area contributed by atoms with E-state index in [1.165, 1.54) is 33.6 Å². The lowest BCUT2D eigenvalue weighted by atomic mass is 9.94. The van der Waals surface area contributed by atoms with Crippen LogP contribution in [-0.2, 0) is 31.9 Å². The molecule has 1 aliphatic rings. The summed E-state index contributed by atoms with van der Waals surface area (Å²) in [6.07, 6.45) is 2.39. The summed E-state index contributed by atoms with van der Waals surface area (Å²) < 4.78 is 3.80. The number of fused-ring (bicyclic) bond motifs is 2. The molecule has 0 spiro atoms. The number of rotatable bonds is 4. The van der Waals surface area contributed by atoms with Crippen LogP contribution >= 0.6 is 0 Å². The minimum atomic E-state index is -0.466. The third-order valence-corrected chi connectivity index (χ3v) is 5.25. The molecular weight excluding hydrogens is 360 g/mol. The lowest BCUT2D eigenvalue weighted by molar-refractivity contribution is -0.121. The fourth-order valence-corrected chi connectivity index (χ4v) is 3.72. The van der Waals surface area contributed by atoms with E-state index in [9.17, 15) is 14.4 Å². The summed E-state index contributed by atoms with van der Waals surface area (Å²) in [6.45, 7) is 1.28. The Morgan fingerprint density at radius 2 is 2.04 bits per heavy atom. The number of nitrogens with one attached hydrogen (secondary N) is 2. The number of nitrogens with zero attached hydrogens (tertiary/aromatic N) is 4. The first-order valence-corrected chi connectivity index (χ1v) is 9.16. The van der Waals surface area contributed by atoms with Crippen molar-refractivity contribution < 1.29 is 4.79 Å². The number of benzene rings is 1. The van der Waals surface area contributed by atoms with Crippen LogP contribution in [-0.4, -0.2) is 37.7 Å². The van der Waals surface area contributed by atoms with Crippen LogP contribution in [0.15, 0.2) is 40.2 Å². The molecule has 0 aliphatic carbocycles. The van der Waals surface area contributed by atoms with E-state index in [1.54, 1.807) is 7.05 Å². The van der Waals surface area contributed by atoms with E-state index in [2.05, 4.69) is 27.8 Å². The molecule has 1 aliphatic heterocycles. The highest BCUT2D eigenvalue weighted by Crippen LogP contribution is 2.21. The molecule has 3 heterocycles. The standard InChI is InChI=1S/C19H22N6O3/c1-23-17-16(18(27)24(2)19(23)28)25(11-22-17)10-15(26)21-9-14-13-6-4-3-5-12(13)7-8-20-14/h3-6,11,14,20H,7-10H2,1-2H3,(H,21,26). The van der Waals surface area contributed by atoms with Gasteiger partial charge in [0.2, 0.25) is 5.91 Å². The van der Waals surface area contributed by atoms with Crippen LogP contribution in [0, 0.1) is 0 Å². The normalized spacial score (nSPS) is 16.1. The van der Waals surface area contributed by atoms with E-state index in [-0.39, 0.29) is 29.7 Å². The van der Waals surface area contributed by atoms with Gasteiger partial charge in [0.05, 0.1) is 6.33 Å². The van der Waals surface area contributed by atoms with E-state index in [0.29, 0.717) is 6.54 Å². The van der Waals surface area contributed by atoms with E-state index < -0.39 is 11.2 Å². The van der Waals surface area contributed by atoms with E-state index in [0.717, 1.165) is 17.5 Å². The summed E-state index contributed by atoms with van der Waals surface area (Å²) in [4.78, 5) is 41.1. The number of aromatic nitrogens is 4. The highest BCUT2D eigenvalue weighted by Gasteiger charge is 2.20. The maximum Gasteiger partial charge on any atom is 0.332 e. The van der Waals surface area contributed by atoms with Gasteiger partial charge in [0.25, 0.3) is 5.56 Å². The van der Waals surface area contributed by atoms with Crippen LogP contribution in [0.3, 0.4) is 0 Å². The lowest BCUT2D eigenvalue weighted by Gasteiger charge is -2.27. The van der Waals surface area contributed by atoms with Crippen molar-refractivity contribution in [3.63, 3.8) is 0 Å². The van der Waals surface area contributed by atoms with E-state index in [4.69, 9.17) is 0 Å². The predicted molar refractivity (Wildman–Crippen MR) is 104 cm³/mol. The number of amides is 1. The predicted octanol–water partition coefficient (Wildman–Crippen LogP) is -0.563. The molecule has 28 heavy (non-hydrogen) atoms. The van der Waals surface area contributed by atoms with Gasteiger partial charge in [0, 0.05) is 26.7 Å². The van der Waals surface area contributed by atoms with Crippen LogP contribution < -0.4 is 21.9 Å². The summed E-state index contributed by atoms with van der Waals surface area (Å²) in [7, 11) is 2.96. The van der Waals surface area contributed by atoms with Crippen molar-refractivity contribution >= 4 is 17.1 Å². The zero-order valence-corrected chi connectivity index (χ0v) is 15.8. The van der Waals surface area contributed by atoms with Crippen LogP contribution in [0.1, 0.15) is 17.2 Å². The molecule has 146 valence electrons. The quantitative estimate of drug-likeness (QED) is 0.630. The SMILES string of the molecule is Cn1c(=O)c2c(ncn2CC(=O)NCC2NCCc3ccccc32)n(C)c1=O. The highest BCUT2D eigenvalue weighted by atomic mass is 16.2. The van der Waals surface area contributed by atoms with Gasteiger partial charge in [-0.05, 0) is 24.1 Å². The fraction of sp³-hybridized carbons (Fsp3) is 0.368. The number of aryl methyl sites for hydroxylation is 1. The lowest BCUT2D eigenvalue weighted by Crippen LogP contribution is -2.40.